The number of halogens is 1. The summed E-state index contributed by atoms with van der Waals surface area (Å²) in [6.45, 7) is 4.25. The molecule has 20 heavy (non-hydrogen) atoms. The third-order valence-electron chi connectivity index (χ3n) is 3.32. The fourth-order valence-electron chi connectivity index (χ4n) is 2.17. The van der Waals surface area contributed by atoms with Crippen molar-refractivity contribution in [1.82, 2.24) is 10.2 Å². The van der Waals surface area contributed by atoms with Crippen LogP contribution in [0.4, 0.5) is 5.82 Å². The molecule has 3 aromatic rings. The summed E-state index contributed by atoms with van der Waals surface area (Å²) in [6.07, 6.45) is 0. The van der Waals surface area contributed by atoms with Crippen LogP contribution in [0.5, 0.6) is 0 Å². The van der Waals surface area contributed by atoms with Crippen LogP contribution in [-0.2, 0) is 0 Å². The maximum Gasteiger partial charge on any atom is 0.153 e. The normalized spacial score (nSPS) is 10.9. The second-order valence-electron chi connectivity index (χ2n) is 4.72. The largest absolute Gasteiger partial charge is 0.382 e. The molecule has 0 saturated heterocycles. The number of hydrogen-bond donors (Lipinski definition) is 2. The van der Waals surface area contributed by atoms with Crippen molar-refractivity contribution in [2.24, 2.45) is 0 Å². The van der Waals surface area contributed by atoms with Gasteiger partial charge in [-0.25, -0.2) is 0 Å². The average molecular weight is 348 g/mol. The zero-order valence-electron chi connectivity index (χ0n) is 11.2. The zero-order chi connectivity index (χ0) is 14.3. The van der Waals surface area contributed by atoms with Crippen molar-refractivity contribution in [3.63, 3.8) is 0 Å². The number of anilines is 1. The lowest BCUT2D eigenvalue weighted by Crippen LogP contribution is -1.88. The Kier molecular flexibility index (Phi) is 3.40. The van der Waals surface area contributed by atoms with E-state index in [1.807, 2.05) is 18.2 Å². The highest BCUT2D eigenvalue weighted by Crippen LogP contribution is 2.39. The molecule has 0 aliphatic rings. The summed E-state index contributed by atoms with van der Waals surface area (Å²) in [6, 6.07) is 10.3. The van der Waals surface area contributed by atoms with Gasteiger partial charge in [0.25, 0.3) is 0 Å². The average Bonchev–Trinajstić information content (AvgIpc) is 2.93. The first-order valence-electron chi connectivity index (χ1n) is 6.23. The number of H-pyrrole nitrogens is 1. The van der Waals surface area contributed by atoms with Crippen molar-refractivity contribution in [1.29, 1.82) is 0 Å². The third-order valence-corrected chi connectivity index (χ3v) is 4.98. The molecule has 0 radical (unpaired) electrons. The Morgan fingerprint density at radius 2 is 2.05 bits per heavy atom. The van der Waals surface area contributed by atoms with E-state index in [9.17, 15) is 0 Å². The lowest BCUT2D eigenvalue weighted by atomic mass is 10.0. The number of nitrogens with zero attached hydrogens (tertiary/aromatic N) is 1. The Hall–Kier alpha value is -1.59. The molecule has 0 spiro atoms. The van der Waals surface area contributed by atoms with Crippen molar-refractivity contribution in [3.8, 4) is 21.7 Å². The fourth-order valence-corrected chi connectivity index (χ4v) is 3.60. The Morgan fingerprint density at radius 1 is 1.25 bits per heavy atom. The molecule has 1 aromatic carbocycles. The molecule has 0 bridgehead atoms. The molecule has 0 amide bonds. The predicted octanol–water partition coefficient (Wildman–Crippen LogP) is 4.77. The number of rotatable bonds is 2. The summed E-state index contributed by atoms with van der Waals surface area (Å²) < 4.78 is 1.03. The molecule has 0 saturated carbocycles. The number of aromatic amines is 1. The van der Waals surface area contributed by atoms with Crippen molar-refractivity contribution in [3.05, 3.63) is 45.2 Å². The Labute approximate surface area is 130 Å². The predicted molar refractivity (Wildman–Crippen MR) is 88.9 cm³/mol. The van der Waals surface area contributed by atoms with Gasteiger partial charge >= 0.3 is 0 Å². The lowest BCUT2D eigenvalue weighted by molar-refractivity contribution is 1.11. The highest BCUT2D eigenvalue weighted by molar-refractivity contribution is 9.10. The SMILES string of the molecule is Cc1cc(-c2[nH]nc(N)c2-c2cccc(Br)c2)sc1C. The molecular weight excluding hydrogens is 334 g/mol. The van der Waals surface area contributed by atoms with Gasteiger partial charge < -0.3 is 5.73 Å². The summed E-state index contributed by atoms with van der Waals surface area (Å²) in [5.41, 5.74) is 10.4. The molecule has 5 heteroatoms. The van der Waals surface area contributed by atoms with Gasteiger partial charge in [-0.05, 0) is 43.2 Å². The highest BCUT2D eigenvalue weighted by Gasteiger charge is 2.17. The molecule has 0 aliphatic heterocycles. The first-order chi connectivity index (χ1) is 9.56. The van der Waals surface area contributed by atoms with E-state index in [0.29, 0.717) is 5.82 Å². The van der Waals surface area contributed by atoms with E-state index in [1.54, 1.807) is 11.3 Å². The van der Waals surface area contributed by atoms with E-state index in [2.05, 4.69) is 52.1 Å². The summed E-state index contributed by atoms with van der Waals surface area (Å²) in [4.78, 5) is 2.48. The van der Waals surface area contributed by atoms with Gasteiger partial charge in [-0.1, -0.05) is 28.1 Å². The number of thiophene rings is 1. The first-order valence-corrected chi connectivity index (χ1v) is 7.84. The second-order valence-corrected chi connectivity index (χ2v) is 6.89. The summed E-state index contributed by atoms with van der Waals surface area (Å²) in [5, 5.41) is 7.25. The van der Waals surface area contributed by atoms with Crippen LogP contribution in [0, 0.1) is 13.8 Å². The van der Waals surface area contributed by atoms with Crippen LogP contribution in [0.1, 0.15) is 10.4 Å². The number of benzene rings is 1. The molecule has 0 fully saturated rings. The van der Waals surface area contributed by atoms with Gasteiger partial charge in [-0.15, -0.1) is 11.3 Å². The van der Waals surface area contributed by atoms with E-state index in [4.69, 9.17) is 5.73 Å². The quantitative estimate of drug-likeness (QED) is 0.701. The van der Waals surface area contributed by atoms with Gasteiger partial charge in [0.15, 0.2) is 5.82 Å². The monoisotopic (exact) mass is 347 g/mol. The molecule has 3 rings (SSSR count). The second kappa shape index (κ2) is 5.07. The molecular formula is C15H14BrN3S. The minimum atomic E-state index is 0.529. The fraction of sp³-hybridized carbons (Fsp3) is 0.133. The zero-order valence-corrected chi connectivity index (χ0v) is 13.6. The van der Waals surface area contributed by atoms with Gasteiger partial charge in [-0.3, -0.25) is 5.10 Å². The molecule has 3 N–H and O–H groups in total. The number of hydrogen-bond acceptors (Lipinski definition) is 3. The van der Waals surface area contributed by atoms with Crippen LogP contribution in [-0.4, -0.2) is 10.2 Å². The number of nitrogens with one attached hydrogen (secondary N) is 1. The van der Waals surface area contributed by atoms with E-state index >= 15 is 0 Å². The van der Waals surface area contributed by atoms with Crippen LogP contribution in [0.15, 0.2) is 34.8 Å². The van der Waals surface area contributed by atoms with Crippen LogP contribution in [0.25, 0.3) is 21.7 Å². The van der Waals surface area contributed by atoms with Gasteiger partial charge in [-0.2, -0.15) is 5.10 Å². The molecule has 3 nitrogen and oxygen atoms in total. The van der Waals surface area contributed by atoms with E-state index in [1.165, 1.54) is 15.3 Å². The van der Waals surface area contributed by atoms with E-state index < -0.39 is 0 Å². The Morgan fingerprint density at radius 3 is 2.70 bits per heavy atom. The van der Waals surface area contributed by atoms with Crippen molar-refractivity contribution >= 4 is 33.1 Å². The van der Waals surface area contributed by atoms with Crippen molar-refractivity contribution in [2.45, 2.75) is 13.8 Å². The minimum Gasteiger partial charge on any atom is -0.382 e. The van der Waals surface area contributed by atoms with Crippen LogP contribution >= 0.6 is 27.3 Å². The van der Waals surface area contributed by atoms with Gasteiger partial charge in [0.2, 0.25) is 0 Å². The number of nitrogen functional groups attached to an aromatic ring is 1. The van der Waals surface area contributed by atoms with Crippen LogP contribution < -0.4 is 5.73 Å². The first kappa shape index (κ1) is 13.4. The number of nitrogens with two attached hydrogens (primary N) is 1. The Balaban J connectivity index is 2.19. The molecule has 2 heterocycles. The van der Waals surface area contributed by atoms with Crippen LogP contribution in [0.3, 0.4) is 0 Å². The molecule has 102 valence electrons. The third kappa shape index (κ3) is 2.27. The van der Waals surface area contributed by atoms with Gasteiger partial charge in [0, 0.05) is 9.35 Å². The molecule has 0 aliphatic carbocycles. The summed E-state index contributed by atoms with van der Waals surface area (Å²) >= 11 is 5.26. The van der Waals surface area contributed by atoms with E-state index in [0.717, 1.165) is 21.3 Å². The topological polar surface area (TPSA) is 54.7 Å². The molecule has 0 unspecified atom stereocenters. The Bertz CT molecular complexity index is 754. The van der Waals surface area contributed by atoms with Gasteiger partial charge in [0.05, 0.1) is 16.1 Å². The van der Waals surface area contributed by atoms with Crippen molar-refractivity contribution < 1.29 is 0 Å². The standard InChI is InChI=1S/C15H14BrN3S/c1-8-6-12(20-9(8)2)14-13(15(17)19-18-14)10-4-3-5-11(16)7-10/h3-7H,1-2H3,(H3,17,18,19). The smallest absolute Gasteiger partial charge is 0.153 e. The maximum absolute atomic E-state index is 6.05. The van der Waals surface area contributed by atoms with Crippen LogP contribution in [0.2, 0.25) is 0 Å². The highest BCUT2D eigenvalue weighted by atomic mass is 79.9. The number of aromatic nitrogens is 2. The van der Waals surface area contributed by atoms with Crippen molar-refractivity contribution in [2.75, 3.05) is 5.73 Å². The minimum absolute atomic E-state index is 0.529. The maximum atomic E-state index is 6.05. The summed E-state index contributed by atoms with van der Waals surface area (Å²) in [7, 11) is 0. The lowest BCUT2D eigenvalue weighted by Gasteiger charge is -2.03. The van der Waals surface area contributed by atoms with Gasteiger partial charge in [0.1, 0.15) is 0 Å². The molecule has 2 aromatic heterocycles. The summed E-state index contributed by atoms with van der Waals surface area (Å²) in [5.74, 6) is 0.529. The number of aryl methyl sites for hydroxylation is 2. The van der Waals surface area contributed by atoms with E-state index in [-0.39, 0.29) is 0 Å². The molecule has 0 atom stereocenters.